The summed E-state index contributed by atoms with van der Waals surface area (Å²) in [4.78, 5) is 38.8. The molecule has 0 unspecified atom stereocenters. The molecule has 7 heteroatoms. The number of hydrogen-bond acceptors (Lipinski definition) is 4. The second-order valence-corrected chi connectivity index (χ2v) is 6.51. The second kappa shape index (κ2) is 8.00. The van der Waals surface area contributed by atoms with Gasteiger partial charge in [-0.1, -0.05) is 44.2 Å². The van der Waals surface area contributed by atoms with Crippen LogP contribution in [0, 0.1) is 5.92 Å². The molecule has 1 aromatic rings. The molecule has 2 atom stereocenters. The molecule has 1 fully saturated rings. The lowest BCUT2D eigenvalue weighted by molar-refractivity contribution is -0.151. The number of aliphatic carboxylic acids is 1. The zero-order chi connectivity index (χ0) is 18.6. The van der Waals surface area contributed by atoms with Gasteiger partial charge in [0.15, 0.2) is 0 Å². The van der Waals surface area contributed by atoms with E-state index in [4.69, 9.17) is 4.74 Å². The summed E-state index contributed by atoms with van der Waals surface area (Å²) in [6, 6.07) is 7.68. The summed E-state index contributed by atoms with van der Waals surface area (Å²) in [5.74, 6) is -1.59. The molecule has 1 saturated heterocycles. The number of hydrogen-bond donors (Lipinski definition) is 1. The van der Waals surface area contributed by atoms with Gasteiger partial charge in [-0.2, -0.15) is 0 Å². The van der Waals surface area contributed by atoms with E-state index in [9.17, 15) is 19.5 Å². The van der Waals surface area contributed by atoms with Gasteiger partial charge in [0.2, 0.25) is 5.91 Å². The third-order valence-corrected chi connectivity index (χ3v) is 4.39. The second-order valence-electron chi connectivity index (χ2n) is 6.51. The van der Waals surface area contributed by atoms with E-state index in [0.717, 1.165) is 5.56 Å². The van der Waals surface area contributed by atoms with Crippen molar-refractivity contribution >= 4 is 18.0 Å². The first-order valence-corrected chi connectivity index (χ1v) is 8.29. The van der Waals surface area contributed by atoms with Gasteiger partial charge in [0.25, 0.3) is 0 Å². The number of likely N-dealkylation sites (N-methyl/N-ethyl adjacent to an activating group) is 1. The molecule has 0 spiro atoms. The number of carboxylic acids is 1. The molecule has 1 aliphatic heterocycles. The highest BCUT2D eigenvalue weighted by atomic mass is 16.6. The average molecular weight is 348 g/mol. The van der Waals surface area contributed by atoms with Crippen LogP contribution in [0.1, 0.15) is 25.8 Å². The fraction of sp³-hybridized carbons (Fsp3) is 0.500. The highest BCUT2D eigenvalue weighted by molar-refractivity contribution is 5.91. The number of likely N-dealkylation sites (tertiary alicyclic amines) is 1. The summed E-state index contributed by atoms with van der Waals surface area (Å²) < 4.78 is 5.24. The molecule has 2 rings (SSSR count). The lowest BCUT2D eigenvalue weighted by Gasteiger charge is -2.29. The first-order chi connectivity index (χ1) is 11.8. The smallest absolute Gasteiger partial charge is 0.410 e. The Hall–Kier alpha value is -2.57. The maximum absolute atomic E-state index is 12.6. The van der Waals surface area contributed by atoms with Crippen LogP contribution in [0.5, 0.6) is 0 Å². The van der Waals surface area contributed by atoms with Gasteiger partial charge in [0.05, 0.1) is 0 Å². The van der Waals surface area contributed by atoms with E-state index in [-0.39, 0.29) is 18.4 Å². The summed E-state index contributed by atoms with van der Waals surface area (Å²) >= 11 is 0. The normalized spacial score (nSPS) is 18.3. The minimum absolute atomic E-state index is 0.123. The van der Waals surface area contributed by atoms with Gasteiger partial charge in [-0.15, -0.1) is 0 Å². The van der Waals surface area contributed by atoms with Gasteiger partial charge in [-0.05, 0) is 17.9 Å². The molecule has 2 amide bonds. The third kappa shape index (κ3) is 4.29. The maximum atomic E-state index is 12.6. The Morgan fingerprint density at radius 3 is 2.52 bits per heavy atom. The molecular weight excluding hydrogens is 324 g/mol. The molecule has 1 aliphatic rings. The molecule has 0 radical (unpaired) electrons. The van der Waals surface area contributed by atoms with E-state index >= 15 is 0 Å². The standard InChI is InChI=1S/C18H24N2O5/c1-12(2)15(17(22)23)20-10-9-14(16(20)21)19(3)18(24)25-11-13-7-5-4-6-8-13/h4-8,12,14-15H,9-11H2,1-3H3,(H,22,23)/t14-,15+/m1/s1. The van der Waals surface area contributed by atoms with Crippen molar-refractivity contribution in [1.29, 1.82) is 0 Å². The quantitative estimate of drug-likeness (QED) is 0.849. The monoisotopic (exact) mass is 348 g/mol. The molecule has 1 N–H and O–H groups in total. The Balaban J connectivity index is 1.98. The summed E-state index contributed by atoms with van der Waals surface area (Å²) in [5, 5.41) is 9.37. The molecule has 7 nitrogen and oxygen atoms in total. The molecular formula is C18H24N2O5. The Labute approximate surface area is 147 Å². The van der Waals surface area contributed by atoms with Gasteiger partial charge in [-0.3, -0.25) is 9.69 Å². The summed E-state index contributed by atoms with van der Waals surface area (Å²) in [7, 11) is 1.50. The summed E-state index contributed by atoms with van der Waals surface area (Å²) in [5.41, 5.74) is 0.856. The van der Waals surface area contributed by atoms with E-state index < -0.39 is 24.1 Å². The third-order valence-electron chi connectivity index (χ3n) is 4.39. The largest absolute Gasteiger partial charge is 0.480 e. The molecule has 1 heterocycles. The van der Waals surface area contributed by atoms with Gasteiger partial charge in [-0.25, -0.2) is 9.59 Å². The van der Waals surface area contributed by atoms with Crippen molar-refractivity contribution in [3.8, 4) is 0 Å². The van der Waals surface area contributed by atoms with Crippen molar-refractivity contribution in [2.24, 2.45) is 5.92 Å². The fourth-order valence-electron chi connectivity index (χ4n) is 3.05. The van der Waals surface area contributed by atoms with Crippen LogP contribution >= 0.6 is 0 Å². The average Bonchev–Trinajstić information content (AvgIpc) is 2.93. The topological polar surface area (TPSA) is 87.2 Å². The molecule has 0 aromatic heterocycles. The van der Waals surface area contributed by atoms with E-state index in [2.05, 4.69) is 0 Å². The zero-order valence-electron chi connectivity index (χ0n) is 14.7. The lowest BCUT2D eigenvalue weighted by atomic mass is 10.0. The Bertz CT molecular complexity index is 632. The van der Waals surface area contributed by atoms with E-state index in [1.54, 1.807) is 13.8 Å². The number of carbonyl (C=O) groups is 3. The number of nitrogens with zero attached hydrogens (tertiary/aromatic N) is 2. The van der Waals surface area contributed by atoms with Crippen LogP contribution in [0.4, 0.5) is 4.79 Å². The van der Waals surface area contributed by atoms with Crippen LogP contribution in [0.25, 0.3) is 0 Å². The number of carbonyl (C=O) groups excluding carboxylic acids is 2. The van der Waals surface area contributed by atoms with Gasteiger partial charge >= 0.3 is 12.1 Å². The predicted molar refractivity (Wildman–Crippen MR) is 90.8 cm³/mol. The highest BCUT2D eigenvalue weighted by Crippen LogP contribution is 2.23. The van der Waals surface area contributed by atoms with Crippen LogP contribution in [0.2, 0.25) is 0 Å². The van der Waals surface area contributed by atoms with Crippen molar-refractivity contribution in [2.75, 3.05) is 13.6 Å². The zero-order valence-corrected chi connectivity index (χ0v) is 14.7. The van der Waals surface area contributed by atoms with E-state index in [1.165, 1.54) is 16.8 Å². The SMILES string of the molecule is CC(C)[C@@H](C(=O)O)N1CC[C@@H](N(C)C(=O)OCc2ccccc2)C1=O. The van der Waals surface area contributed by atoms with Crippen molar-refractivity contribution in [2.45, 2.75) is 39.0 Å². The summed E-state index contributed by atoms with van der Waals surface area (Å²) in [6.07, 6.45) is -0.202. The lowest BCUT2D eigenvalue weighted by Crippen LogP contribution is -2.49. The van der Waals surface area contributed by atoms with Crippen molar-refractivity contribution in [1.82, 2.24) is 9.80 Å². The highest BCUT2D eigenvalue weighted by Gasteiger charge is 2.43. The molecule has 0 aliphatic carbocycles. The first-order valence-electron chi connectivity index (χ1n) is 8.29. The predicted octanol–water partition coefficient (Wildman–Crippen LogP) is 1.97. The van der Waals surface area contributed by atoms with Crippen LogP contribution in [0.15, 0.2) is 30.3 Å². The van der Waals surface area contributed by atoms with Gasteiger partial charge in [0.1, 0.15) is 18.7 Å². The number of amides is 2. The van der Waals surface area contributed by atoms with Crippen molar-refractivity contribution in [3.63, 3.8) is 0 Å². The minimum Gasteiger partial charge on any atom is -0.480 e. The molecule has 136 valence electrons. The van der Waals surface area contributed by atoms with E-state index in [0.29, 0.717) is 13.0 Å². The minimum atomic E-state index is -1.03. The van der Waals surface area contributed by atoms with Crippen molar-refractivity contribution < 1.29 is 24.2 Å². The van der Waals surface area contributed by atoms with Crippen LogP contribution in [-0.4, -0.2) is 58.6 Å². The summed E-state index contributed by atoms with van der Waals surface area (Å²) in [6.45, 7) is 3.96. The number of ether oxygens (including phenoxy) is 1. The molecule has 0 bridgehead atoms. The van der Waals surface area contributed by atoms with Crippen LogP contribution in [-0.2, 0) is 20.9 Å². The molecule has 1 aromatic carbocycles. The fourth-order valence-corrected chi connectivity index (χ4v) is 3.05. The number of carboxylic acid groups (broad SMARTS) is 1. The first kappa shape index (κ1) is 18.8. The van der Waals surface area contributed by atoms with Crippen LogP contribution in [0.3, 0.4) is 0 Å². The maximum Gasteiger partial charge on any atom is 0.410 e. The Morgan fingerprint density at radius 1 is 1.32 bits per heavy atom. The Morgan fingerprint density at radius 2 is 1.96 bits per heavy atom. The molecule has 25 heavy (non-hydrogen) atoms. The van der Waals surface area contributed by atoms with Gasteiger partial charge < -0.3 is 14.7 Å². The van der Waals surface area contributed by atoms with Crippen LogP contribution < -0.4 is 0 Å². The molecule has 0 saturated carbocycles. The number of rotatable bonds is 6. The Kier molecular flexibility index (Phi) is 6.01. The van der Waals surface area contributed by atoms with Gasteiger partial charge in [0, 0.05) is 13.6 Å². The number of benzene rings is 1. The van der Waals surface area contributed by atoms with Crippen molar-refractivity contribution in [3.05, 3.63) is 35.9 Å². The van der Waals surface area contributed by atoms with E-state index in [1.807, 2.05) is 30.3 Å².